The minimum atomic E-state index is -1.44. The fourth-order valence-corrected chi connectivity index (χ4v) is 11.3. The van der Waals surface area contributed by atoms with E-state index in [0.717, 1.165) is 6.54 Å². The fourth-order valence-electron chi connectivity index (χ4n) is 11.3. The number of para-hydroxylation sites is 1. The highest BCUT2D eigenvalue weighted by Gasteiger charge is 2.89. The van der Waals surface area contributed by atoms with Crippen LogP contribution in [0, 0.1) is 29.1 Å². The molecular formula is C30H42N2O7. The Morgan fingerprint density at radius 2 is 1.87 bits per heavy atom. The van der Waals surface area contributed by atoms with Gasteiger partial charge < -0.3 is 34.9 Å². The van der Waals surface area contributed by atoms with E-state index in [2.05, 4.69) is 11.8 Å². The van der Waals surface area contributed by atoms with Gasteiger partial charge in [0.25, 0.3) is 0 Å². The zero-order chi connectivity index (χ0) is 27.5. The number of nitrogen functional groups attached to an aromatic ring is 1. The Balaban J connectivity index is 1.42. The van der Waals surface area contributed by atoms with Gasteiger partial charge in [-0.1, -0.05) is 19.1 Å². The van der Waals surface area contributed by atoms with E-state index in [9.17, 15) is 15.0 Å². The number of benzene rings is 1. The molecule has 1 heterocycles. The van der Waals surface area contributed by atoms with Crippen LogP contribution in [0.2, 0.25) is 0 Å². The van der Waals surface area contributed by atoms with E-state index < -0.39 is 34.3 Å². The monoisotopic (exact) mass is 542 g/mol. The molecule has 214 valence electrons. The van der Waals surface area contributed by atoms with E-state index in [1.54, 1.807) is 39.5 Å². The average Bonchev–Trinajstić information content (AvgIpc) is 3.35. The van der Waals surface area contributed by atoms with Crippen molar-refractivity contribution in [3.05, 3.63) is 29.8 Å². The molecule has 12 atom stereocenters. The fraction of sp³-hybridized carbons (Fsp3) is 0.767. The van der Waals surface area contributed by atoms with Crippen LogP contribution in [-0.4, -0.2) is 96.7 Å². The van der Waals surface area contributed by atoms with Gasteiger partial charge in [0.05, 0.1) is 23.9 Å². The van der Waals surface area contributed by atoms with Gasteiger partial charge in [-0.05, 0) is 44.4 Å². The van der Waals surface area contributed by atoms with Gasteiger partial charge in [-0.15, -0.1) is 0 Å². The van der Waals surface area contributed by atoms with Crippen LogP contribution in [0.5, 0.6) is 0 Å². The third-order valence-electron chi connectivity index (χ3n) is 12.4. The van der Waals surface area contributed by atoms with Gasteiger partial charge >= 0.3 is 5.97 Å². The van der Waals surface area contributed by atoms with E-state index in [0.29, 0.717) is 49.9 Å². The number of nitrogens with two attached hydrogens (primary N) is 1. The van der Waals surface area contributed by atoms with Crippen LogP contribution < -0.4 is 5.73 Å². The van der Waals surface area contributed by atoms with Gasteiger partial charge in [-0.25, -0.2) is 4.79 Å². The highest BCUT2D eigenvalue weighted by atomic mass is 16.6. The molecule has 7 bridgehead atoms. The van der Waals surface area contributed by atoms with Gasteiger partial charge in [0.2, 0.25) is 0 Å². The molecule has 6 aliphatic rings. The zero-order valence-electron chi connectivity index (χ0n) is 23.3. The summed E-state index contributed by atoms with van der Waals surface area (Å²) in [5.41, 5.74) is 2.84. The third-order valence-corrected chi connectivity index (χ3v) is 12.4. The number of aliphatic hydroxyl groups is 2. The molecule has 0 aromatic heterocycles. The predicted molar refractivity (Wildman–Crippen MR) is 142 cm³/mol. The largest absolute Gasteiger partial charge is 0.454 e. The van der Waals surface area contributed by atoms with Crippen LogP contribution in [0.25, 0.3) is 0 Å². The molecule has 0 amide bonds. The minimum absolute atomic E-state index is 0.00601. The molecule has 1 saturated heterocycles. The van der Waals surface area contributed by atoms with Crippen LogP contribution in [0.1, 0.15) is 49.4 Å². The number of esters is 1. The molecular weight excluding hydrogens is 500 g/mol. The van der Waals surface area contributed by atoms with Gasteiger partial charge in [0, 0.05) is 75.1 Å². The first kappa shape index (κ1) is 26.2. The Morgan fingerprint density at radius 1 is 1.10 bits per heavy atom. The molecule has 5 aliphatic carbocycles. The van der Waals surface area contributed by atoms with E-state index in [1.165, 1.54) is 0 Å². The highest BCUT2D eigenvalue weighted by Crippen LogP contribution is 2.79. The standard InChI is InChI=1S/C30H42N2O7/c1-5-32-15-27(39-26(33)16-8-6-7-9-19(16)31)11-10-23(37-3)29-21(27)13-18(24(29)32)28(34)14-20(36-2)17-12-22(29)30(28,35)25(17)38-4/h6-9,17-18,20-25,34-35H,5,10-15,31H2,1-4H3/t17-,18+,20+,21+,22-,23+,24-,25+,27-,28+,29+,30+/m1/s1. The highest BCUT2D eigenvalue weighted by molar-refractivity contribution is 5.95. The molecule has 0 unspecified atom stereocenters. The Hall–Kier alpha value is -1.75. The van der Waals surface area contributed by atoms with E-state index in [4.69, 9.17) is 24.7 Å². The summed E-state index contributed by atoms with van der Waals surface area (Å²) in [6.07, 6.45) is 2.17. The lowest BCUT2D eigenvalue weighted by Gasteiger charge is -2.70. The molecule has 0 radical (unpaired) electrons. The summed E-state index contributed by atoms with van der Waals surface area (Å²) in [7, 11) is 5.09. The molecule has 9 heteroatoms. The molecule has 1 aromatic rings. The third kappa shape index (κ3) is 2.80. The molecule has 4 N–H and O–H groups in total. The number of piperidine rings is 1. The molecule has 1 aliphatic heterocycles. The number of likely N-dealkylation sites (N-methyl/N-ethyl adjacent to an activating group) is 1. The number of hydrogen-bond donors (Lipinski definition) is 3. The lowest BCUT2D eigenvalue weighted by molar-refractivity contribution is -0.337. The van der Waals surface area contributed by atoms with Crippen molar-refractivity contribution in [2.75, 3.05) is 40.2 Å². The Kier molecular flexibility index (Phi) is 5.63. The molecule has 1 aromatic carbocycles. The number of anilines is 1. The summed E-state index contributed by atoms with van der Waals surface area (Å²) in [5, 5.41) is 25.6. The van der Waals surface area contributed by atoms with Crippen molar-refractivity contribution in [3.63, 3.8) is 0 Å². The quantitative estimate of drug-likeness (QED) is 0.365. The number of likely N-dealkylation sites (tertiary alicyclic amines) is 1. The van der Waals surface area contributed by atoms with E-state index in [-0.39, 0.29) is 41.9 Å². The van der Waals surface area contributed by atoms with Crippen molar-refractivity contribution in [1.29, 1.82) is 0 Å². The molecule has 7 rings (SSSR count). The predicted octanol–water partition coefficient (Wildman–Crippen LogP) is 1.85. The smallest absolute Gasteiger partial charge is 0.340 e. The number of ether oxygens (including phenoxy) is 4. The van der Waals surface area contributed by atoms with Crippen LogP contribution >= 0.6 is 0 Å². The summed E-state index contributed by atoms with van der Waals surface area (Å²) in [6.45, 7) is 3.47. The number of nitrogens with zero attached hydrogens (tertiary/aromatic N) is 1. The summed E-state index contributed by atoms with van der Waals surface area (Å²) in [6, 6.07) is 7.04. The van der Waals surface area contributed by atoms with Crippen molar-refractivity contribution in [1.82, 2.24) is 4.90 Å². The van der Waals surface area contributed by atoms with Gasteiger partial charge in [-0.3, -0.25) is 4.90 Å². The number of fused-ring (bicyclic) bond motifs is 2. The SMILES string of the molecule is CCN1C[C@]2(OC(=O)c3ccccc3N)CC[C@H](OC)[C@@]34[C@H]5C[C@@H]6[C@@H](OC)C[C@](O)([C@@H](C[C@@H]23)[C@@H]14)[C@@]5(O)[C@H]6OC. The lowest BCUT2D eigenvalue weighted by Crippen LogP contribution is -2.83. The summed E-state index contributed by atoms with van der Waals surface area (Å²) < 4.78 is 24.9. The Labute approximate surface area is 229 Å². The minimum Gasteiger partial charge on any atom is -0.454 e. The number of rotatable bonds is 6. The Bertz CT molecular complexity index is 1180. The second-order valence-corrected chi connectivity index (χ2v) is 13.0. The molecule has 9 nitrogen and oxygen atoms in total. The average molecular weight is 543 g/mol. The maximum absolute atomic E-state index is 13.7. The van der Waals surface area contributed by atoms with Gasteiger partial charge in [0.15, 0.2) is 0 Å². The van der Waals surface area contributed by atoms with Crippen molar-refractivity contribution in [2.24, 2.45) is 29.1 Å². The first-order chi connectivity index (χ1) is 18.7. The summed E-state index contributed by atoms with van der Waals surface area (Å²) in [4.78, 5) is 16.1. The van der Waals surface area contributed by atoms with Crippen molar-refractivity contribution < 1.29 is 34.0 Å². The van der Waals surface area contributed by atoms with Crippen molar-refractivity contribution in [2.45, 2.75) is 80.2 Å². The number of carbonyl (C=O) groups is 1. The van der Waals surface area contributed by atoms with E-state index in [1.807, 2.05) is 6.07 Å². The maximum atomic E-state index is 13.7. The normalized spacial score (nSPS) is 51.1. The number of carbonyl (C=O) groups excluding carboxylic acids is 1. The number of hydrogen-bond acceptors (Lipinski definition) is 9. The van der Waals surface area contributed by atoms with Crippen LogP contribution in [0.15, 0.2) is 24.3 Å². The molecule has 39 heavy (non-hydrogen) atoms. The second-order valence-electron chi connectivity index (χ2n) is 13.0. The maximum Gasteiger partial charge on any atom is 0.340 e. The number of methoxy groups -OCH3 is 3. The lowest BCUT2D eigenvalue weighted by atomic mass is 9.44. The van der Waals surface area contributed by atoms with Crippen LogP contribution in [-0.2, 0) is 18.9 Å². The first-order valence-corrected chi connectivity index (χ1v) is 14.5. The molecule has 5 saturated carbocycles. The first-order valence-electron chi connectivity index (χ1n) is 14.5. The van der Waals surface area contributed by atoms with Crippen LogP contribution in [0.4, 0.5) is 5.69 Å². The second kappa shape index (κ2) is 8.39. The van der Waals surface area contributed by atoms with Crippen molar-refractivity contribution >= 4 is 11.7 Å². The van der Waals surface area contributed by atoms with Gasteiger partial charge in [-0.2, -0.15) is 0 Å². The van der Waals surface area contributed by atoms with E-state index >= 15 is 0 Å². The van der Waals surface area contributed by atoms with Crippen molar-refractivity contribution in [3.8, 4) is 0 Å². The molecule has 6 fully saturated rings. The topological polar surface area (TPSA) is 124 Å². The Morgan fingerprint density at radius 3 is 2.54 bits per heavy atom. The molecule has 1 spiro atoms. The summed E-state index contributed by atoms with van der Waals surface area (Å²) in [5.74, 6) is -1.06. The summed E-state index contributed by atoms with van der Waals surface area (Å²) >= 11 is 0. The van der Waals surface area contributed by atoms with Crippen LogP contribution in [0.3, 0.4) is 0 Å². The zero-order valence-corrected chi connectivity index (χ0v) is 23.3. The van der Waals surface area contributed by atoms with Gasteiger partial charge in [0.1, 0.15) is 16.8 Å².